The van der Waals surface area contributed by atoms with E-state index in [9.17, 15) is 9.90 Å². The number of likely N-dealkylation sites (N-methyl/N-ethyl adjacent to an activating group) is 1. The molecule has 1 amide bonds. The van der Waals surface area contributed by atoms with E-state index in [-0.39, 0.29) is 12.0 Å². The summed E-state index contributed by atoms with van der Waals surface area (Å²) >= 11 is 1.76. The van der Waals surface area contributed by atoms with Crippen molar-refractivity contribution in [3.05, 3.63) is 21.9 Å². The Morgan fingerprint density at radius 1 is 1.43 bits per heavy atom. The van der Waals surface area contributed by atoms with E-state index in [4.69, 9.17) is 0 Å². The topological polar surface area (TPSA) is 52.6 Å². The predicted octanol–water partition coefficient (Wildman–Crippen LogP) is 2.02. The van der Waals surface area contributed by atoms with Crippen molar-refractivity contribution >= 4 is 17.2 Å². The molecule has 0 aliphatic heterocycles. The van der Waals surface area contributed by atoms with E-state index < -0.39 is 0 Å². The van der Waals surface area contributed by atoms with Gasteiger partial charge in [-0.25, -0.2) is 0 Å². The molecule has 4 nitrogen and oxygen atoms in total. The Balaban J connectivity index is 1.68. The summed E-state index contributed by atoms with van der Waals surface area (Å²) in [5.41, 5.74) is 0. The molecule has 2 rings (SSSR count). The van der Waals surface area contributed by atoms with Gasteiger partial charge in [-0.2, -0.15) is 0 Å². The van der Waals surface area contributed by atoms with Crippen molar-refractivity contribution in [2.24, 2.45) is 5.92 Å². The molecule has 2 atom stereocenters. The lowest BCUT2D eigenvalue weighted by atomic mass is 10.1. The fourth-order valence-corrected chi connectivity index (χ4v) is 3.79. The van der Waals surface area contributed by atoms with Crippen LogP contribution in [0.4, 0.5) is 0 Å². The number of thiophene rings is 1. The fourth-order valence-electron chi connectivity index (χ4n) is 2.89. The average Bonchev–Trinajstić information content (AvgIpc) is 3.06. The van der Waals surface area contributed by atoms with E-state index in [1.807, 2.05) is 11.9 Å². The fraction of sp³-hybridized carbons (Fsp3) is 0.688. The zero-order chi connectivity index (χ0) is 15.2. The molecular weight excluding hydrogens is 284 g/mol. The molecular formula is C16H26N2O2S. The number of nitrogens with one attached hydrogen (secondary N) is 1. The minimum Gasteiger partial charge on any atom is -0.393 e. The zero-order valence-corrected chi connectivity index (χ0v) is 13.8. The highest BCUT2D eigenvalue weighted by molar-refractivity contribution is 7.11. The first-order valence-electron chi connectivity index (χ1n) is 7.79. The van der Waals surface area contributed by atoms with Crippen LogP contribution in [0, 0.1) is 5.92 Å². The normalized spacial score (nSPS) is 21.9. The number of hydrogen-bond donors (Lipinski definition) is 2. The molecule has 1 aliphatic rings. The van der Waals surface area contributed by atoms with Crippen molar-refractivity contribution in [3.8, 4) is 0 Å². The van der Waals surface area contributed by atoms with Crippen molar-refractivity contribution in [2.75, 3.05) is 20.1 Å². The summed E-state index contributed by atoms with van der Waals surface area (Å²) in [4.78, 5) is 16.5. The Morgan fingerprint density at radius 2 is 2.19 bits per heavy atom. The molecule has 1 aliphatic carbocycles. The van der Waals surface area contributed by atoms with E-state index in [2.05, 4.69) is 24.4 Å². The van der Waals surface area contributed by atoms with Crippen LogP contribution in [0.15, 0.2) is 12.1 Å². The van der Waals surface area contributed by atoms with Crippen molar-refractivity contribution in [3.63, 3.8) is 0 Å². The van der Waals surface area contributed by atoms with Crippen molar-refractivity contribution in [1.29, 1.82) is 0 Å². The first kappa shape index (κ1) is 16.5. The molecule has 21 heavy (non-hydrogen) atoms. The van der Waals surface area contributed by atoms with Gasteiger partial charge in [0.15, 0.2) is 0 Å². The van der Waals surface area contributed by atoms with Crippen LogP contribution in [0.5, 0.6) is 0 Å². The van der Waals surface area contributed by atoms with Crippen LogP contribution < -0.4 is 5.32 Å². The average molecular weight is 310 g/mol. The van der Waals surface area contributed by atoms with Gasteiger partial charge in [-0.3, -0.25) is 9.69 Å². The molecule has 0 bridgehead atoms. The van der Waals surface area contributed by atoms with E-state index in [1.54, 1.807) is 11.3 Å². The van der Waals surface area contributed by atoms with Gasteiger partial charge < -0.3 is 10.4 Å². The number of rotatable bonds is 7. The molecule has 2 unspecified atom stereocenters. The van der Waals surface area contributed by atoms with E-state index in [0.29, 0.717) is 19.0 Å². The van der Waals surface area contributed by atoms with Gasteiger partial charge in [0.25, 0.3) is 0 Å². The number of nitrogens with zero attached hydrogens (tertiary/aromatic N) is 1. The van der Waals surface area contributed by atoms with Gasteiger partial charge in [0.1, 0.15) is 0 Å². The van der Waals surface area contributed by atoms with Crippen LogP contribution in [-0.2, 0) is 17.8 Å². The Bertz CT molecular complexity index is 461. The maximum atomic E-state index is 11.9. The molecule has 5 heteroatoms. The quantitative estimate of drug-likeness (QED) is 0.810. The van der Waals surface area contributed by atoms with Gasteiger partial charge in [-0.15, -0.1) is 11.3 Å². The highest BCUT2D eigenvalue weighted by Gasteiger charge is 2.26. The summed E-state index contributed by atoms with van der Waals surface area (Å²) in [5.74, 6) is 0.378. The van der Waals surface area contributed by atoms with E-state index in [1.165, 1.54) is 9.75 Å². The molecule has 1 fully saturated rings. The zero-order valence-electron chi connectivity index (χ0n) is 13.0. The lowest BCUT2D eigenvalue weighted by Gasteiger charge is -2.22. The second kappa shape index (κ2) is 7.92. The van der Waals surface area contributed by atoms with Crippen molar-refractivity contribution < 1.29 is 9.90 Å². The van der Waals surface area contributed by atoms with Crippen LogP contribution >= 0.6 is 11.3 Å². The summed E-state index contributed by atoms with van der Waals surface area (Å²) in [6.45, 7) is 3.95. The molecule has 0 aromatic carbocycles. The van der Waals surface area contributed by atoms with E-state index in [0.717, 1.165) is 32.2 Å². The van der Waals surface area contributed by atoms with Crippen molar-refractivity contribution in [2.45, 2.75) is 45.3 Å². The third kappa shape index (κ3) is 5.09. The molecule has 0 saturated heterocycles. The minimum absolute atomic E-state index is 0.0523. The van der Waals surface area contributed by atoms with Gasteiger partial charge in [-0.1, -0.05) is 13.3 Å². The SMILES string of the molecule is CCc1ccc(CNC(=O)CN(C)CC2CCCC2O)s1. The van der Waals surface area contributed by atoms with Gasteiger partial charge in [0.2, 0.25) is 5.91 Å². The Hall–Kier alpha value is -0.910. The lowest BCUT2D eigenvalue weighted by molar-refractivity contribution is -0.122. The molecule has 1 saturated carbocycles. The highest BCUT2D eigenvalue weighted by atomic mass is 32.1. The second-order valence-corrected chi connectivity index (χ2v) is 7.21. The number of amides is 1. The van der Waals surface area contributed by atoms with Crippen LogP contribution in [0.2, 0.25) is 0 Å². The van der Waals surface area contributed by atoms with Gasteiger partial charge in [-0.05, 0) is 44.4 Å². The largest absolute Gasteiger partial charge is 0.393 e. The number of carbonyl (C=O) groups excluding carboxylic acids is 1. The van der Waals surface area contributed by atoms with Crippen LogP contribution in [0.1, 0.15) is 35.9 Å². The molecule has 2 N–H and O–H groups in total. The first-order valence-corrected chi connectivity index (χ1v) is 8.61. The van der Waals surface area contributed by atoms with Crippen LogP contribution in [0.3, 0.4) is 0 Å². The lowest BCUT2D eigenvalue weighted by Crippen LogP contribution is -2.38. The molecule has 1 aromatic rings. The number of hydrogen-bond acceptors (Lipinski definition) is 4. The highest BCUT2D eigenvalue weighted by Crippen LogP contribution is 2.25. The first-order chi connectivity index (χ1) is 10.1. The van der Waals surface area contributed by atoms with Crippen LogP contribution in [0.25, 0.3) is 0 Å². The summed E-state index contributed by atoms with van der Waals surface area (Å²) in [6.07, 6.45) is 3.94. The Morgan fingerprint density at radius 3 is 2.81 bits per heavy atom. The number of carbonyl (C=O) groups is 1. The summed E-state index contributed by atoms with van der Waals surface area (Å²) in [7, 11) is 1.95. The third-order valence-corrected chi connectivity index (χ3v) is 5.33. The Labute approximate surface area is 131 Å². The predicted molar refractivity (Wildman–Crippen MR) is 86.4 cm³/mol. The third-order valence-electron chi connectivity index (χ3n) is 4.10. The van der Waals surface area contributed by atoms with E-state index >= 15 is 0 Å². The van der Waals surface area contributed by atoms with Crippen LogP contribution in [-0.4, -0.2) is 42.2 Å². The summed E-state index contributed by atoms with van der Waals surface area (Å²) < 4.78 is 0. The second-order valence-electron chi connectivity index (χ2n) is 5.95. The van der Waals surface area contributed by atoms with Gasteiger partial charge >= 0.3 is 0 Å². The smallest absolute Gasteiger partial charge is 0.234 e. The number of aliphatic hydroxyl groups is 1. The monoisotopic (exact) mass is 310 g/mol. The maximum Gasteiger partial charge on any atom is 0.234 e. The molecule has 0 radical (unpaired) electrons. The standard InChI is InChI=1S/C16H26N2O2S/c1-3-13-7-8-14(21-13)9-17-16(20)11-18(2)10-12-5-4-6-15(12)19/h7-8,12,15,19H,3-6,9-11H2,1-2H3,(H,17,20). The number of aryl methyl sites for hydroxylation is 1. The molecule has 1 aromatic heterocycles. The number of aliphatic hydroxyl groups excluding tert-OH is 1. The minimum atomic E-state index is -0.186. The van der Waals surface area contributed by atoms with Gasteiger partial charge in [0, 0.05) is 16.3 Å². The molecule has 1 heterocycles. The summed E-state index contributed by atoms with van der Waals surface area (Å²) in [5, 5.41) is 12.8. The summed E-state index contributed by atoms with van der Waals surface area (Å²) in [6, 6.07) is 4.21. The maximum absolute atomic E-state index is 11.9. The van der Waals surface area contributed by atoms with Gasteiger partial charge in [0.05, 0.1) is 19.2 Å². The molecule has 118 valence electrons. The molecule has 0 spiro atoms. The Kier molecular flexibility index (Phi) is 6.21. The van der Waals surface area contributed by atoms with Crippen molar-refractivity contribution in [1.82, 2.24) is 10.2 Å².